The van der Waals surface area contributed by atoms with Gasteiger partial charge in [0, 0.05) is 29.2 Å². The van der Waals surface area contributed by atoms with Gasteiger partial charge in [-0.05, 0) is 24.6 Å². The summed E-state index contributed by atoms with van der Waals surface area (Å²) in [5.41, 5.74) is 2.17. The van der Waals surface area contributed by atoms with E-state index in [1.165, 1.54) is 0 Å². The minimum atomic E-state index is 0.158. The fourth-order valence-electron chi connectivity index (χ4n) is 2.20. The van der Waals surface area contributed by atoms with Gasteiger partial charge < -0.3 is 14.8 Å². The Morgan fingerprint density at radius 3 is 2.52 bits per heavy atom. The smallest absolute Gasteiger partial charge is 0.127 e. The third-order valence-electron chi connectivity index (χ3n) is 3.46. The molecule has 2 rings (SSSR count). The molecule has 0 aliphatic carbocycles. The molecular formula is C17H20ClNO2. The summed E-state index contributed by atoms with van der Waals surface area (Å²) in [6.45, 7) is 2.79. The van der Waals surface area contributed by atoms with Crippen LogP contribution in [-0.4, -0.2) is 14.2 Å². The lowest BCUT2D eigenvalue weighted by atomic mass is 10.1. The van der Waals surface area contributed by atoms with Crippen molar-refractivity contribution in [2.24, 2.45) is 0 Å². The van der Waals surface area contributed by atoms with Crippen LogP contribution in [0.15, 0.2) is 42.5 Å². The standard InChI is InChI=1S/C17H20ClNO2/c1-12(15-6-4-5-7-16(15)18)19-11-13-8-9-14(20-2)10-17(13)21-3/h4-10,12,19H,11H2,1-3H3/t12-/m1/s1. The van der Waals surface area contributed by atoms with Crippen molar-refractivity contribution in [3.8, 4) is 11.5 Å². The van der Waals surface area contributed by atoms with Gasteiger partial charge >= 0.3 is 0 Å². The SMILES string of the molecule is COc1ccc(CN[C@H](C)c2ccccc2Cl)c(OC)c1. The second-order valence-electron chi connectivity index (χ2n) is 4.80. The van der Waals surface area contributed by atoms with Crippen LogP contribution in [0.25, 0.3) is 0 Å². The number of hydrogen-bond donors (Lipinski definition) is 1. The van der Waals surface area contributed by atoms with Crippen LogP contribution in [0.1, 0.15) is 24.1 Å². The largest absolute Gasteiger partial charge is 0.497 e. The number of ether oxygens (including phenoxy) is 2. The summed E-state index contributed by atoms with van der Waals surface area (Å²) in [5, 5.41) is 4.24. The molecule has 21 heavy (non-hydrogen) atoms. The Bertz CT molecular complexity index is 601. The second-order valence-corrected chi connectivity index (χ2v) is 5.21. The molecule has 4 heteroatoms. The quantitative estimate of drug-likeness (QED) is 0.867. The van der Waals surface area contributed by atoms with E-state index in [1.54, 1.807) is 14.2 Å². The van der Waals surface area contributed by atoms with Crippen LogP contribution < -0.4 is 14.8 Å². The van der Waals surface area contributed by atoms with Gasteiger partial charge in [0.2, 0.25) is 0 Å². The Morgan fingerprint density at radius 2 is 1.86 bits per heavy atom. The van der Waals surface area contributed by atoms with E-state index >= 15 is 0 Å². The van der Waals surface area contributed by atoms with Crippen molar-refractivity contribution in [3.63, 3.8) is 0 Å². The van der Waals surface area contributed by atoms with Crippen LogP contribution in [0.2, 0.25) is 5.02 Å². The maximum Gasteiger partial charge on any atom is 0.127 e. The third kappa shape index (κ3) is 3.90. The first-order chi connectivity index (χ1) is 10.2. The molecule has 0 aromatic heterocycles. The Morgan fingerprint density at radius 1 is 1.10 bits per heavy atom. The average Bonchev–Trinajstić information content (AvgIpc) is 2.52. The Kier molecular flexibility index (Phi) is 5.48. The first-order valence-electron chi connectivity index (χ1n) is 6.84. The van der Waals surface area contributed by atoms with Crippen LogP contribution in [0.3, 0.4) is 0 Å². The van der Waals surface area contributed by atoms with Crippen molar-refractivity contribution in [1.29, 1.82) is 0 Å². The Hall–Kier alpha value is -1.71. The van der Waals surface area contributed by atoms with Crippen molar-refractivity contribution in [1.82, 2.24) is 5.32 Å². The minimum Gasteiger partial charge on any atom is -0.497 e. The molecule has 1 N–H and O–H groups in total. The lowest BCUT2D eigenvalue weighted by molar-refractivity contribution is 0.389. The topological polar surface area (TPSA) is 30.5 Å². The Labute approximate surface area is 130 Å². The molecule has 0 unspecified atom stereocenters. The van der Waals surface area contributed by atoms with Gasteiger partial charge in [-0.3, -0.25) is 0 Å². The van der Waals surface area contributed by atoms with Crippen molar-refractivity contribution >= 4 is 11.6 Å². The van der Waals surface area contributed by atoms with E-state index in [-0.39, 0.29) is 6.04 Å². The van der Waals surface area contributed by atoms with Crippen LogP contribution in [0.4, 0.5) is 0 Å². The van der Waals surface area contributed by atoms with E-state index in [4.69, 9.17) is 21.1 Å². The van der Waals surface area contributed by atoms with E-state index < -0.39 is 0 Å². The predicted molar refractivity (Wildman–Crippen MR) is 86.3 cm³/mol. The second kappa shape index (κ2) is 7.34. The maximum atomic E-state index is 6.22. The minimum absolute atomic E-state index is 0.158. The summed E-state index contributed by atoms with van der Waals surface area (Å²) in [7, 11) is 3.31. The van der Waals surface area contributed by atoms with Gasteiger partial charge in [0.05, 0.1) is 14.2 Å². The number of hydrogen-bond acceptors (Lipinski definition) is 3. The summed E-state index contributed by atoms with van der Waals surface area (Å²) < 4.78 is 10.6. The molecule has 0 aliphatic rings. The van der Waals surface area contributed by atoms with Gasteiger partial charge in [-0.2, -0.15) is 0 Å². The molecule has 1 atom stereocenters. The summed E-state index contributed by atoms with van der Waals surface area (Å²) in [6, 6.07) is 13.8. The van der Waals surface area contributed by atoms with Crippen LogP contribution in [0.5, 0.6) is 11.5 Å². The zero-order valence-corrected chi connectivity index (χ0v) is 13.3. The molecular weight excluding hydrogens is 286 g/mol. The number of nitrogens with one attached hydrogen (secondary N) is 1. The molecule has 0 spiro atoms. The summed E-state index contributed by atoms with van der Waals surface area (Å²) in [5.74, 6) is 1.60. The van der Waals surface area contributed by atoms with Crippen molar-refractivity contribution in [2.75, 3.05) is 14.2 Å². The zero-order chi connectivity index (χ0) is 15.2. The van der Waals surface area contributed by atoms with Gasteiger partial charge in [-0.15, -0.1) is 0 Å². The summed E-state index contributed by atoms with van der Waals surface area (Å²) >= 11 is 6.22. The molecule has 0 heterocycles. The van der Waals surface area contributed by atoms with Crippen molar-refractivity contribution in [3.05, 3.63) is 58.6 Å². The highest BCUT2D eigenvalue weighted by Gasteiger charge is 2.10. The highest BCUT2D eigenvalue weighted by Crippen LogP contribution is 2.26. The molecule has 0 bridgehead atoms. The molecule has 0 fully saturated rings. The van der Waals surface area contributed by atoms with Gasteiger partial charge in [0.25, 0.3) is 0 Å². The lowest BCUT2D eigenvalue weighted by Crippen LogP contribution is -2.18. The first-order valence-corrected chi connectivity index (χ1v) is 7.22. The first kappa shape index (κ1) is 15.7. The van der Waals surface area contributed by atoms with Crippen LogP contribution in [0, 0.1) is 0 Å². The van der Waals surface area contributed by atoms with E-state index in [0.29, 0.717) is 6.54 Å². The normalized spacial score (nSPS) is 12.0. The molecule has 3 nitrogen and oxygen atoms in total. The summed E-state index contributed by atoms with van der Waals surface area (Å²) in [4.78, 5) is 0. The number of benzene rings is 2. The fourth-order valence-corrected chi connectivity index (χ4v) is 2.50. The van der Waals surface area contributed by atoms with Crippen molar-refractivity contribution < 1.29 is 9.47 Å². The fraction of sp³-hybridized carbons (Fsp3) is 0.294. The molecule has 0 saturated carbocycles. The van der Waals surface area contributed by atoms with Crippen LogP contribution >= 0.6 is 11.6 Å². The molecule has 0 saturated heterocycles. The monoisotopic (exact) mass is 305 g/mol. The van der Waals surface area contributed by atoms with E-state index in [0.717, 1.165) is 27.6 Å². The summed E-state index contributed by atoms with van der Waals surface area (Å²) in [6.07, 6.45) is 0. The third-order valence-corrected chi connectivity index (χ3v) is 3.81. The van der Waals surface area contributed by atoms with Crippen molar-refractivity contribution in [2.45, 2.75) is 19.5 Å². The number of halogens is 1. The molecule has 0 amide bonds. The molecule has 0 radical (unpaired) electrons. The van der Waals surface area contributed by atoms with E-state index in [2.05, 4.69) is 12.2 Å². The Balaban J connectivity index is 2.08. The van der Waals surface area contributed by atoms with Crippen LogP contribution in [-0.2, 0) is 6.54 Å². The van der Waals surface area contributed by atoms with E-state index in [9.17, 15) is 0 Å². The molecule has 0 aliphatic heterocycles. The molecule has 112 valence electrons. The number of rotatable bonds is 6. The van der Waals surface area contributed by atoms with E-state index in [1.807, 2.05) is 42.5 Å². The van der Waals surface area contributed by atoms with Gasteiger partial charge in [0.1, 0.15) is 11.5 Å². The lowest BCUT2D eigenvalue weighted by Gasteiger charge is -2.17. The molecule has 2 aromatic rings. The van der Waals surface area contributed by atoms with Gasteiger partial charge in [-0.25, -0.2) is 0 Å². The number of methoxy groups -OCH3 is 2. The highest BCUT2D eigenvalue weighted by atomic mass is 35.5. The van der Waals surface area contributed by atoms with Gasteiger partial charge in [-0.1, -0.05) is 35.9 Å². The average molecular weight is 306 g/mol. The predicted octanol–water partition coefficient (Wildman–Crippen LogP) is 4.21. The zero-order valence-electron chi connectivity index (χ0n) is 12.5. The molecule has 2 aromatic carbocycles. The van der Waals surface area contributed by atoms with Gasteiger partial charge in [0.15, 0.2) is 0 Å². The highest BCUT2D eigenvalue weighted by molar-refractivity contribution is 6.31. The maximum absolute atomic E-state index is 6.22.